The van der Waals surface area contributed by atoms with Gasteiger partial charge in [-0.15, -0.1) is 0 Å². The summed E-state index contributed by atoms with van der Waals surface area (Å²) in [6, 6.07) is -1.32. The molecular weight excluding hydrogens is 228 g/mol. The van der Waals surface area contributed by atoms with Crippen LogP contribution < -0.4 is 11.1 Å². The molecule has 0 aliphatic carbocycles. The van der Waals surface area contributed by atoms with Gasteiger partial charge in [0.05, 0.1) is 12.0 Å². The van der Waals surface area contributed by atoms with E-state index >= 15 is 0 Å². The van der Waals surface area contributed by atoms with Crippen LogP contribution >= 0.6 is 0 Å². The molecule has 0 aliphatic heterocycles. The van der Waals surface area contributed by atoms with Gasteiger partial charge in [-0.2, -0.15) is 0 Å². The second kappa shape index (κ2) is 6.19. The van der Waals surface area contributed by atoms with E-state index in [2.05, 4.69) is 5.32 Å². The van der Waals surface area contributed by atoms with Crippen molar-refractivity contribution in [1.29, 1.82) is 0 Å². The highest BCUT2D eigenvalue weighted by Crippen LogP contribution is 2.05. The molecule has 0 aromatic carbocycles. The van der Waals surface area contributed by atoms with Gasteiger partial charge in [-0.3, -0.25) is 9.59 Å². The largest absolute Gasteiger partial charge is 0.480 e. The van der Waals surface area contributed by atoms with Gasteiger partial charge < -0.3 is 20.9 Å². The van der Waals surface area contributed by atoms with Crippen LogP contribution in [0.4, 0.5) is 0 Å². The molecule has 0 radical (unpaired) electrons. The van der Waals surface area contributed by atoms with Crippen molar-refractivity contribution in [2.75, 3.05) is 6.61 Å². The molecular formula is C10H18N2O5. The summed E-state index contributed by atoms with van der Waals surface area (Å²) >= 11 is 0. The summed E-state index contributed by atoms with van der Waals surface area (Å²) in [5.74, 6) is -2.71. The quantitative estimate of drug-likeness (QED) is 0.569. The number of hydrogen-bond donors (Lipinski definition) is 3. The smallest absolute Gasteiger partial charge is 0.326 e. The fourth-order valence-electron chi connectivity index (χ4n) is 0.919. The number of nitrogens with one attached hydrogen (secondary N) is 1. The van der Waals surface area contributed by atoms with E-state index < -0.39 is 35.8 Å². The van der Waals surface area contributed by atoms with Gasteiger partial charge in [0.1, 0.15) is 12.6 Å². The molecule has 0 saturated heterocycles. The number of carbonyl (C=O) groups is 3. The molecule has 98 valence electrons. The number of primary amides is 1. The van der Waals surface area contributed by atoms with Crippen LogP contribution in [-0.2, 0) is 19.1 Å². The highest BCUT2D eigenvalue weighted by Gasteiger charge is 2.23. The van der Waals surface area contributed by atoms with E-state index in [4.69, 9.17) is 15.6 Å². The second-order valence-electron chi connectivity index (χ2n) is 4.53. The fraction of sp³-hybridized carbons (Fsp3) is 0.700. The Balaban J connectivity index is 4.22. The molecule has 1 unspecified atom stereocenters. The summed E-state index contributed by atoms with van der Waals surface area (Å²) < 4.78 is 5.16. The predicted molar refractivity (Wildman–Crippen MR) is 59.1 cm³/mol. The summed E-state index contributed by atoms with van der Waals surface area (Å²) in [5.41, 5.74) is 4.37. The van der Waals surface area contributed by atoms with Crippen LogP contribution in [0.2, 0.25) is 0 Å². The number of aliphatic carboxylic acids is 1. The molecule has 0 fully saturated rings. The number of rotatable bonds is 6. The average Bonchev–Trinajstić information content (AvgIpc) is 2.11. The minimum Gasteiger partial charge on any atom is -0.480 e. The maximum atomic E-state index is 11.3. The van der Waals surface area contributed by atoms with E-state index in [1.807, 2.05) is 0 Å². The van der Waals surface area contributed by atoms with Gasteiger partial charge in [-0.25, -0.2) is 4.79 Å². The average molecular weight is 246 g/mol. The maximum Gasteiger partial charge on any atom is 0.326 e. The van der Waals surface area contributed by atoms with Gasteiger partial charge in [0.2, 0.25) is 11.8 Å². The first-order valence-electron chi connectivity index (χ1n) is 5.06. The van der Waals surface area contributed by atoms with Crippen molar-refractivity contribution in [3.8, 4) is 0 Å². The first-order valence-corrected chi connectivity index (χ1v) is 5.06. The zero-order chi connectivity index (χ0) is 13.6. The lowest BCUT2D eigenvalue weighted by Crippen LogP contribution is -2.45. The van der Waals surface area contributed by atoms with Gasteiger partial charge in [-0.1, -0.05) is 0 Å². The Morgan fingerprint density at radius 3 is 2.24 bits per heavy atom. The van der Waals surface area contributed by atoms with Crippen molar-refractivity contribution in [2.45, 2.75) is 38.8 Å². The Labute approximate surface area is 99.3 Å². The monoisotopic (exact) mass is 246 g/mol. The van der Waals surface area contributed by atoms with Crippen LogP contribution in [-0.4, -0.2) is 41.1 Å². The molecule has 0 bridgehead atoms. The van der Waals surface area contributed by atoms with Crippen molar-refractivity contribution in [1.82, 2.24) is 5.32 Å². The summed E-state index contributed by atoms with van der Waals surface area (Å²) in [6.07, 6.45) is -0.448. The molecule has 0 rings (SSSR count). The number of carboxylic acids is 1. The molecule has 0 aromatic rings. The Hall–Kier alpha value is -1.63. The number of hydrogen-bond acceptors (Lipinski definition) is 4. The predicted octanol–water partition coefficient (Wildman–Crippen LogP) is -0.754. The third-order valence-electron chi connectivity index (χ3n) is 1.67. The van der Waals surface area contributed by atoms with Gasteiger partial charge in [0, 0.05) is 0 Å². The lowest BCUT2D eigenvalue weighted by Gasteiger charge is -2.20. The minimum absolute atomic E-state index is 0.272. The number of nitrogens with two attached hydrogens (primary N) is 1. The van der Waals surface area contributed by atoms with Gasteiger partial charge in [0.15, 0.2) is 0 Å². The fourth-order valence-corrected chi connectivity index (χ4v) is 0.919. The van der Waals surface area contributed by atoms with Crippen LogP contribution in [0.15, 0.2) is 0 Å². The molecule has 0 spiro atoms. The summed E-state index contributed by atoms with van der Waals surface area (Å²) in [5, 5.41) is 10.9. The second-order valence-corrected chi connectivity index (χ2v) is 4.53. The van der Waals surface area contributed by atoms with Crippen molar-refractivity contribution in [2.24, 2.45) is 5.73 Å². The molecule has 0 saturated carbocycles. The number of carbonyl (C=O) groups excluding carboxylic acids is 2. The first kappa shape index (κ1) is 15.4. The highest BCUT2D eigenvalue weighted by molar-refractivity contribution is 5.88. The van der Waals surface area contributed by atoms with Crippen LogP contribution in [0, 0.1) is 0 Å². The maximum absolute atomic E-state index is 11.3. The normalized spacial score (nSPS) is 12.9. The first-order chi connectivity index (χ1) is 7.61. The van der Waals surface area contributed by atoms with Crippen LogP contribution in [0.5, 0.6) is 0 Å². The molecule has 2 amide bonds. The Morgan fingerprint density at radius 1 is 1.35 bits per heavy atom. The van der Waals surface area contributed by atoms with E-state index in [9.17, 15) is 14.4 Å². The van der Waals surface area contributed by atoms with E-state index in [0.29, 0.717) is 0 Å². The number of ether oxygens (including phenoxy) is 1. The summed E-state index contributed by atoms with van der Waals surface area (Å²) in [4.78, 5) is 32.6. The molecule has 0 aliphatic rings. The van der Waals surface area contributed by atoms with Crippen LogP contribution in [0.25, 0.3) is 0 Å². The minimum atomic E-state index is -1.32. The molecule has 7 heteroatoms. The van der Waals surface area contributed by atoms with Crippen molar-refractivity contribution >= 4 is 17.8 Å². The highest BCUT2D eigenvalue weighted by atomic mass is 16.5. The van der Waals surface area contributed by atoms with Gasteiger partial charge in [-0.05, 0) is 20.8 Å². The topological polar surface area (TPSA) is 119 Å². The van der Waals surface area contributed by atoms with Crippen molar-refractivity contribution in [3.63, 3.8) is 0 Å². The van der Waals surface area contributed by atoms with E-state index in [0.717, 1.165) is 0 Å². The molecule has 7 nitrogen and oxygen atoms in total. The molecule has 0 heterocycles. The number of carboxylic acid groups (broad SMARTS) is 1. The van der Waals surface area contributed by atoms with E-state index in [1.54, 1.807) is 20.8 Å². The van der Waals surface area contributed by atoms with E-state index in [1.165, 1.54) is 0 Å². The van der Waals surface area contributed by atoms with Crippen LogP contribution in [0.3, 0.4) is 0 Å². The SMILES string of the molecule is CC(C)(C)OCC(=O)NC(CC(N)=O)C(=O)O. The molecule has 1 atom stereocenters. The standard InChI is InChI=1S/C10H18N2O5/c1-10(2,3)17-5-8(14)12-6(9(15)16)4-7(11)13/h6H,4-5H2,1-3H3,(H2,11,13)(H,12,14)(H,15,16). The zero-order valence-corrected chi connectivity index (χ0v) is 10.1. The third kappa shape index (κ3) is 8.21. The zero-order valence-electron chi connectivity index (χ0n) is 10.1. The van der Waals surface area contributed by atoms with Crippen molar-refractivity contribution < 1.29 is 24.2 Å². The van der Waals surface area contributed by atoms with Gasteiger partial charge in [0.25, 0.3) is 0 Å². The Morgan fingerprint density at radius 2 is 1.88 bits per heavy atom. The Bertz CT molecular complexity index is 308. The van der Waals surface area contributed by atoms with Crippen LogP contribution in [0.1, 0.15) is 27.2 Å². The lowest BCUT2D eigenvalue weighted by molar-refractivity contribution is -0.144. The Kier molecular flexibility index (Phi) is 5.60. The third-order valence-corrected chi connectivity index (χ3v) is 1.67. The van der Waals surface area contributed by atoms with Gasteiger partial charge >= 0.3 is 5.97 Å². The molecule has 17 heavy (non-hydrogen) atoms. The summed E-state index contributed by atoms with van der Waals surface area (Å²) in [7, 11) is 0. The molecule has 0 aromatic heterocycles. The lowest BCUT2D eigenvalue weighted by atomic mass is 10.2. The molecule has 4 N–H and O–H groups in total. The summed E-state index contributed by atoms with van der Waals surface area (Å²) in [6.45, 7) is 5.02. The number of amides is 2. The van der Waals surface area contributed by atoms with E-state index in [-0.39, 0.29) is 6.61 Å². The van der Waals surface area contributed by atoms with Crippen molar-refractivity contribution in [3.05, 3.63) is 0 Å².